The number of amides is 1. The minimum absolute atomic E-state index is 0.441. The van der Waals surface area contributed by atoms with Crippen molar-refractivity contribution < 1.29 is 9.59 Å². The predicted octanol–water partition coefficient (Wildman–Crippen LogP) is 2.17. The molecule has 1 N–H and O–H groups in total. The molecule has 0 radical (unpaired) electrons. The molecule has 18 heavy (non-hydrogen) atoms. The van der Waals surface area contributed by atoms with Crippen LogP contribution in [0.2, 0.25) is 0 Å². The van der Waals surface area contributed by atoms with Gasteiger partial charge in [-0.3, -0.25) is 9.59 Å². The van der Waals surface area contributed by atoms with Crippen LogP contribution in [-0.2, 0) is 16.0 Å². The van der Waals surface area contributed by atoms with Crippen molar-refractivity contribution in [2.24, 2.45) is 0 Å². The molecule has 0 unspecified atom stereocenters. The third-order valence-electron chi connectivity index (χ3n) is 3.50. The third kappa shape index (κ3) is 3.19. The van der Waals surface area contributed by atoms with E-state index in [1.807, 2.05) is 0 Å². The molecule has 3 nitrogen and oxygen atoms in total. The van der Waals surface area contributed by atoms with Crippen molar-refractivity contribution in [3.8, 4) is 0 Å². The predicted molar refractivity (Wildman–Crippen MR) is 72.8 cm³/mol. The molecule has 3 heteroatoms. The lowest BCUT2D eigenvalue weighted by molar-refractivity contribution is -0.136. The lowest BCUT2D eigenvalue weighted by atomic mass is 9.92. The number of aryl methyl sites for hydroxylation is 2. The first-order valence-corrected chi connectivity index (χ1v) is 6.19. The van der Waals surface area contributed by atoms with E-state index in [1.54, 1.807) is 0 Å². The molecule has 0 saturated carbocycles. The summed E-state index contributed by atoms with van der Waals surface area (Å²) < 4.78 is 0. The number of nitrogens with one attached hydrogen (secondary N) is 1. The number of carbonyl (C=O) groups is 2. The monoisotopic (exact) mass is 247 g/mol. The Kier molecular flexibility index (Phi) is 4.65. The van der Waals surface area contributed by atoms with Crippen molar-refractivity contribution in [3.05, 3.63) is 33.9 Å². The quantitative estimate of drug-likeness (QED) is 0.829. The lowest BCUT2D eigenvalue weighted by Gasteiger charge is -2.15. The number of hydrogen-bond acceptors (Lipinski definition) is 2. The maximum atomic E-state index is 11.2. The average molecular weight is 247 g/mol. The van der Waals surface area contributed by atoms with Gasteiger partial charge in [-0.15, -0.1) is 0 Å². The van der Waals surface area contributed by atoms with Crippen LogP contribution in [0.25, 0.3) is 0 Å². The fourth-order valence-electron chi connectivity index (χ4n) is 2.10. The van der Waals surface area contributed by atoms with Gasteiger partial charge in [-0.05, 0) is 61.9 Å². The molecule has 0 bridgehead atoms. The first-order chi connectivity index (χ1) is 8.34. The summed E-state index contributed by atoms with van der Waals surface area (Å²) in [5.41, 5.74) is 6.36. The van der Waals surface area contributed by atoms with Gasteiger partial charge in [0.2, 0.25) is 5.78 Å². The number of Topliss-reactive ketones (excluding diaryl/α,β-unsaturated/α-hetero) is 1. The van der Waals surface area contributed by atoms with Crippen molar-refractivity contribution in [3.63, 3.8) is 0 Å². The number of ketones is 1. The number of rotatable bonds is 4. The highest BCUT2D eigenvalue weighted by molar-refractivity contribution is 6.35. The number of hydrogen-bond donors (Lipinski definition) is 1. The van der Waals surface area contributed by atoms with Gasteiger partial charge < -0.3 is 5.32 Å². The molecule has 1 aromatic rings. The van der Waals surface area contributed by atoms with Crippen LogP contribution in [0.4, 0.5) is 0 Å². The van der Waals surface area contributed by atoms with E-state index in [0.29, 0.717) is 6.54 Å². The Bertz CT molecular complexity index is 464. The highest BCUT2D eigenvalue weighted by Crippen LogP contribution is 2.21. The second-order valence-electron chi connectivity index (χ2n) is 4.80. The second kappa shape index (κ2) is 5.80. The molecule has 0 aliphatic rings. The molecule has 0 heterocycles. The maximum Gasteiger partial charge on any atom is 0.287 e. The summed E-state index contributed by atoms with van der Waals surface area (Å²) in [7, 11) is 0. The minimum atomic E-state index is -0.505. The molecule has 0 aromatic heterocycles. The van der Waals surface area contributed by atoms with Crippen LogP contribution in [0.1, 0.15) is 34.7 Å². The van der Waals surface area contributed by atoms with Crippen molar-refractivity contribution in [2.75, 3.05) is 6.54 Å². The van der Waals surface area contributed by atoms with Gasteiger partial charge in [0.15, 0.2) is 0 Å². The van der Waals surface area contributed by atoms with E-state index in [9.17, 15) is 9.59 Å². The van der Waals surface area contributed by atoms with E-state index >= 15 is 0 Å². The Morgan fingerprint density at radius 3 is 2.00 bits per heavy atom. The van der Waals surface area contributed by atoms with E-state index in [1.165, 1.54) is 34.7 Å². The molecular formula is C15H21NO2. The van der Waals surface area contributed by atoms with Crippen molar-refractivity contribution in [2.45, 2.75) is 41.0 Å². The normalized spacial score (nSPS) is 10.3. The van der Waals surface area contributed by atoms with Crippen molar-refractivity contribution >= 4 is 11.7 Å². The van der Waals surface area contributed by atoms with Gasteiger partial charge >= 0.3 is 0 Å². The molecule has 0 aliphatic heterocycles. The maximum absolute atomic E-state index is 11.2. The van der Waals surface area contributed by atoms with Gasteiger partial charge in [0.1, 0.15) is 0 Å². The highest BCUT2D eigenvalue weighted by atomic mass is 16.2. The Balaban J connectivity index is 2.79. The third-order valence-corrected chi connectivity index (χ3v) is 3.50. The molecule has 98 valence electrons. The highest BCUT2D eigenvalue weighted by Gasteiger charge is 2.10. The zero-order valence-corrected chi connectivity index (χ0v) is 11.8. The van der Waals surface area contributed by atoms with Crippen LogP contribution >= 0.6 is 0 Å². The summed E-state index contributed by atoms with van der Waals surface area (Å²) in [6.07, 6.45) is 0.763. The molecule has 1 rings (SSSR count). The molecular weight excluding hydrogens is 226 g/mol. The Labute approximate surface area is 109 Å². The summed E-state index contributed by atoms with van der Waals surface area (Å²) >= 11 is 0. The SMILES string of the molecule is CC(=O)C(=O)NCCc1c(C)c(C)cc(C)c1C. The van der Waals surface area contributed by atoms with Gasteiger partial charge in [0.25, 0.3) is 5.91 Å². The van der Waals surface area contributed by atoms with E-state index in [2.05, 4.69) is 39.1 Å². The second-order valence-corrected chi connectivity index (χ2v) is 4.80. The first-order valence-electron chi connectivity index (χ1n) is 6.19. The molecule has 0 saturated heterocycles. The molecule has 0 aliphatic carbocycles. The van der Waals surface area contributed by atoms with E-state index in [4.69, 9.17) is 0 Å². The number of benzene rings is 1. The Morgan fingerprint density at radius 2 is 1.56 bits per heavy atom. The fourth-order valence-corrected chi connectivity index (χ4v) is 2.10. The standard InChI is InChI=1S/C15H21NO2/c1-9-8-10(2)12(4)14(11(9)3)6-7-16-15(18)13(5)17/h8H,6-7H2,1-5H3,(H,16,18). The van der Waals surface area contributed by atoms with Crippen LogP contribution in [0, 0.1) is 27.7 Å². The summed E-state index contributed by atoms with van der Waals surface area (Å²) in [5.74, 6) is -0.946. The molecule has 1 amide bonds. The number of carbonyl (C=O) groups excluding carboxylic acids is 2. The summed E-state index contributed by atoms with van der Waals surface area (Å²) in [6, 6.07) is 2.18. The van der Waals surface area contributed by atoms with Gasteiger partial charge in [-0.25, -0.2) is 0 Å². The van der Waals surface area contributed by atoms with Gasteiger partial charge in [0, 0.05) is 13.5 Å². The summed E-state index contributed by atoms with van der Waals surface area (Å²) in [6.45, 7) is 10.2. The smallest absolute Gasteiger partial charge is 0.287 e. The Hall–Kier alpha value is -1.64. The van der Waals surface area contributed by atoms with Crippen LogP contribution < -0.4 is 5.32 Å². The topological polar surface area (TPSA) is 46.2 Å². The summed E-state index contributed by atoms with van der Waals surface area (Å²) in [5, 5.41) is 2.64. The van der Waals surface area contributed by atoms with E-state index < -0.39 is 11.7 Å². The van der Waals surface area contributed by atoms with Crippen LogP contribution in [-0.4, -0.2) is 18.2 Å². The van der Waals surface area contributed by atoms with Crippen LogP contribution in [0.15, 0.2) is 6.07 Å². The first kappa shape index (κ1) is 14.4. The fraction of sp³-hybridized carbons (Fsp3) is 0.467. The zero-order valence-electron chi connectivity index (χ0n) is 11.8. The molecule has 0 spiro atoms. The zero-order chi connectivity index (χ0) is 13.9. The van der Waals surface area contributed by atoms with Gasteiger partial charge in [-0.2, -0.15) is 0 Å². The minimum Gasteiger partial charge on any atom is -0.349 e. The van der Waals surface area contributed by atoms with Gasteiger partial charge in [0.05, 0.1) is 0 Å². The largest absolute Gasteiger partial charge is 0.349 e. The average Bonchev–Trinajstić information content (AvgIpc) is 2.30. The van der Waals surface area contributed by atoms with Crippen LogP contribution in [0.3, 0.4) is 0 Å². The van der Waals surface area contributed by atoms with Crippen molar-refractivity contribution in [1.82, 2.24) is 5.32 Å². The Morgan fingerprint density at radius 1 is 1.06 bits per heavy atom. The van der Waals surface area contributed by atoms with Crippen molar-refractivity contribution in [1.29, 1.82) is 0 Å². The summed E-state index contributed by atoms with van der Waals surface area (Å²) in [4.78, 5) is 22.0. The molecule has 1 aromatic carbocycles. The van der Waals surface area contributed by atoms with Crippen LogP contribution in [0.5, 0.6) is 0 Å². The van der Waals surface area contributed by atoms with Gasteiger partial charge in [-0.1, -0.05) is 6.07 Å². The lowest BCUT2D eigenvalue weighted by Crippen LogP contribution is -2.31. The molecule has 0 atom stereocenters. The van der Waals surface area contributed by atoms with E-state index in [-0.39, 0.29) is 0 Å². The van der Waals surface area contributed by atoms with E-state index in [0.717, 1.165) is 6.42 Å². The molecule has 0 fully saturated rings.